The highest BCUT2D eigenvalue weighted by atomic mass is 35.5. The maximum atomic E-state index is 12.5. The number of carboxylic acid groups (broad SMARTS) is 1. The molecule has 1 aromatic rings. The van der Waals surface area contributed by atoms with Crippen molar-refractivity contribution in [3.8, 4) is 5.75 Å². The van der Waals surface area contributed by atoms with Gasteiger partial charge in [-0.25, -0.2) is 4.79 Å². The first-order chi connectivity index (χ1) is 9.41. The third kappa shape index (κ3) is 2.72. The molecule has 2 N–H and O–H groups in total. The molecule has 1 saturated heterocycles. The minimum Gasteiger partial charge on any atom is -0.508 e. The first-order valence-corrected chi connectivity index (χ1v) is 6.82. The molecule has 0 radical (unpaired) electrons. The van der Waals surface area contributed by atoms with Crippen LogP contribution < -0.4 is 0 Å². The number of rotatable bonds is 2. The summed E-state index contributed by atoms with van der Waals surface area (Å²) in [7, 11) is 0. The Morgan fingerprint density at radius 3 is 2.75 bits per heavy atom. The lowest BCUT2D eigenvalue weighted by molar-refractivity contribution is -0.145. The molecule has 0 aliphatic carbocycles. The van der Waals surface area contributed by atoms with Crippen molar-refractivity contribution in [2.45, 2.75) is 25.8 Å². The number of nitrogens with zero attached hydrogens (tertiary/aromatic N) is 1. The van der Waals surface area contributed by atoms with Crippen LogP contribution in [0.4, 0.5) is 0 Å². The number of phenolic OH excluding ortho intramolecular Hbond substituents is 1. The molecule has 6 heteroatoms. The van der Waals surface area contributed by atoms with Gasteiger partial charge in [0, 0.05) is 6.54 Å². The van der Waals surface area contributed by atoms with Gasteiger partial charge in [-0.3, -0.25) is 4.79 Å². The van der Waals surface area contributed by atoms with Gasteiger partial charge in [-0.05, 0) is 37.0 Å². The van der Waals surface area contributed by atoms with Crippen molar-refractivity contribution in [3.05, 3.63) is 28.8 Å². The van der Waals surface area contributed by atoms with Gasteiger partial charge in [0.25, 0.3) is 5.91 Å². The van der Waals surface area contributed by atoms with E-state index in [9.17, 15) is 19.8 Å². The summed E-state index contributed by atoms with van der Waals surface area (Å²) in [4.78, 5) is 25.2. The van der Waals surface area contributed by atoms with E-state index in [1.807, 2.05) is 6.92 Å². The predicted molar refractivity (Wildman–Crippen MR) is 74.0 cm³/mol. The predicted octanol–water partition coefficient (Wildman–Crippen LogP) is 2.37. The van der Waals surface area contributed by atoms with Crippen molar-refractivity contribution in [3.63, 3.8) is 0 Å². The van der Waals surface area contributed by atoms with Crippen LogP contribution in [0, 0.1) is 5.92 Å². The molecule has 0 aromatic heterocycles. The van der Waals surface area contributed by atoms with Crippen molar-refractivity contribution in [1.29, 1.82) is 0 Å². The number of phenols is 1. The minimum atomic E-state index is -1.01. The second-order valence-corrected chi connectivity index (χ2v) is 5.47. The zero-order chi connectivity index (χ0) is 14.9. The fraction of sp³-hybridized carbons (Fsp3) is 0.429. The van der Waals surface area contributed by atoms with Crippen molar-refractivity contribution >= 4 is 23.5 Å². The topological polar surface area (TPSA) is 77.8 Å². The average molecular weight is 298 g/mol. The molecule has 108 valence electrons. The summed E-state index contributed by atoms with van der Waals surface area (Å²) in [5.74, 6) is -1.65. The Morgan fingerprint density at radius 1 is 1.40 bits per heavy atom. The van der Waals surface area contributed by atoms with Gasteiger partial charge < -0.3 is 15.1 Å². The normalized spacial score (nSPS) is 22.6. The molecule has 1 amide bonds. The van der Waals surface area contributed by atoms with Gasteiger partial charge in [0.2, 0.25) is 0 Å². The van der Waals surface area contributed by atoms with Crippen molar-refractivity contribution in [2.75, 3.05) is 6.54 Å². The quantitative estimate of drug-likeness (QED) is 0.878. The molecule has 0 saturated carbocycles. The van der Waals surface area contributed by atoms with Gasteiger partial charge in [0.1, 0.15) is 11.8 Å². The van der Waals surface area contributed by atoms with E-state index in [1.54, 1.807) is 0 Å². The lowest BCUT2D eigenvalue weighted by atomic mass is 9.90. The lowest BCUT2D eigenvalue weighted by Crippen LogP contribution is -2.52. The molecule has 1 heterocycles. The fourth-order valence-electron chi connectivity index (χ4n) is 2.62. The van der Waals surface area contributed by atoms with E-state index in [0.29, 0.717) is 6.54 Å². The zero-order valence-electron chi connectivity index (χ0n) is 11.0. The summed E-state index contributed by atoms with van der Waals surface area (Å²) in [5, 5.41) is 19.0. The van der Waals surface area contributed by atoms with Crippen LogP contribution >= 0.6 is 11.6 Å². The highest BCUT2D eigenvalue weighted by Crippen LogP contribution is 2.28. The molecular weight excluding hydrogens is 282 g/mol. The number of likely N-dealkylation sites (tertiary alicyclic amines) is 1. The van der Waals surface area contributed by atoms with Crippen molar-refractivity contribution in [2.24, 2.45) is 5.92 Å². The highest BCUT2D eigenvalue weighted by Gasteiger charge is 2.37. The second-order valence-electron chi connectivity index (χ2n) is 5.07. The number of hydrogen-bond acceptors (Lipinski definition) is 3. The zero-order valence-corrected chi connectivity index (χ0v) is 11.8. The molecular formula is C14H16ClNO4. The summed E-state index contributed by atoms with van der Waals surface area (Å²) < 4.78 is 0. The van der Waals surface area contributed by atoms with Gasteiger partial charge in [-0.2, -0.15) is 0 Å². The smallest absolute Gasteiger partial charge is 0.326 e. The van der Waals surface area contributed by atoms with Crippen LogP contribution in [-0.2, 0) is 4.79 Å². The molecule has 2 rings (SSSR count). The molecule has 1 aromatic carbocycles. The fourth-order valence-corrected chi connectivity index (χ4v) is 2.82. The molecule has 0 bridgehead atoms. The Hall–Kier alpha value is -1.75. The van der Waals surface area contributed by atoms with Crippen LogP contribution in [0.25, 0.3) is 0 Å². The Labute approximate surface area is 121 Å². The Morgan fingerprint density at radius 2 is 2.10 bits per heavy atom. The molecule has 5 nitrogen and oxygen atoms in total. The van der Waals surface area contributed by atoms with Crippen LogP contribution in [0.15, 0.2) is 18.2 Å². The standard InChI is InChI=1S/C14H16ClNO4/c1-8-3-2-6-16(12(8)14(19)20)13(18)10-7-9(17)4-5-11(10)15/h4-5,7-8,12,17H,2-3,6H2,1H3,(H,19,20). The van der Waals surface area contributed by atoms with E-state index >= 15 is 0 Å². The van der Waals surface area contributed by atoms with E-state index < -0.39 is 17.9 Å². The van der Waals surface area contributed by atoms with Crippen LogP contribution in [0.2, 0.25) is 5.02 Å². The Kier molecular flexibility index (Phi) is 4.18. The van der Waals surface area contributed by atoms with Gasteiger partial charge in [-0.15, -0.1) is 0 Å². The number of hydrogen-bond donors (Lipinski definition) is 2. The molecule has 20 heavy (non-hydrogen) atoms. The van der Waals surface area contributed by atoms with E-state index in [-0.39, 0.29) is 22.3 Å². The summed E-state index contributed by atoms with van der Waals surface area (Å²) in [6, 6.07) is 3.22. The van der Waals surface area contributed by atoms with Crippen LogP contribution in [-0.4, -0.2) is 39.6 Å². The van der Waals surface area contributed by atoms with Crippen molar-refractivity contribution in [1.82, 2.24) is 4.90 Å². The third-order valence-electron chi connectivity index (χ3n) is 3.63. The van der Waals surface area contributed by atoms with E-state index in [2.05, 4.69) is 0 Å². The minimum absolute atomic E-state index is 0.0744. The molecule has 1 aliphatic heterocycles. The molecule has 1 aliphatic rings. The SMILES string of the molecule is CC1CCCN(C(=O)c2cc(O)ccc2Cl)C1C(=O)O. The summed E-state index contributed by atoms with van der Waals surface area (Å²) in [5.41, 5.74) is 0.131. The van der Waals surface area contributed by atoms with Gasteiger partial charge in [0.05, 0.1) is 10.6 Å². The number of carbonyl (C=O) groups is 2. The van der Waals surface area contributed by atoms with Gasteiger partial charge in [0.15, 0.2) is 0 Å². The molecule has 0 spiro atoms. The second kappa shape index (κ2) is 5.71. The Bertz CT molecular complexity index is 546. The number of aromatic hydroxyl groups is 1. The maximum absolute atomic E-state index is 12.5. The van der Waals surface area contributed by atoms with E-state index in [4.69, 9.17) is 11.6 Å². The first-order valence-electron chi connectivity index (χ1n) is 6.44. The number of carbonyl (C=O) groups excluding carboxylic acids is 1. The number of piperidine rings is 1. The van der Waals surface area contributed by atoms with Crippen LogP contribution in [0.5, 0.6) is 5.75 Å². The largest absolute Gasteiger partial charge is 0.508 e. The number of amides is 1. The van der Waals surface area contributed by atoms with Crippen molar-refractivity contribution < 1.29 is 19.8 Å². The average Bonchev–Trinajstić information content (AvgIpc) is 2.40. The van der Waals surface area contributed by atoms with Crippen LogP contribution in [0.1, 0.15) is 30.1 Å². The highest BCUT2D eigenvalue weighted by molar-refractivity contribution is 6.33. The maximum Gasteiger partial charge on any atom is 0.326 e. The first kappa shape index (κ1) is 14.7. The molecule has 2 atom stereocenters. The number of halogens is 1. The monoisotopic (exact) mass is 297 g/mol. The molecule has 2 unspecified atom stereocenters. The number of aliphatic carboxylic acids is 1. The third-order valence-corrected chi connectivity index (χ3v) is 3.96. The summed E-state index contributed by atoms with van der Waals surface area (Å²) in [6.07, 6.45) is 1.53. The molecule has 1 fully saturated rings. The number of benzene rings is 1. The summed E-state index contributed by atoms with van der Waals surface area (Å²) >= 11 is 5.97. The van der Waals surface area contributed by atoms with E-state index in [0.717, 1.165) is 12.8 Å². The lowest BCUT2D eigenvalue weighted by Gasteiger charge is -2.37. The number of carboxylic acids is 1. The van der Waals surface area contributed by atoms with E-state index in [1.165, 1.54) is 23.1 Å². The van der Waals surface area contributed by atoms with Crippen LogP contribution in [0.3, 0.4) is 0 Å². The Balaban J connectivity index is 2.35. The summed E-state index contributed by atoms with van der Waals surface area (Å²) in [6.45, 7) is 2.20. The van der Waals surface area contributed by atoms with Gasteiger partial charge >= 0.3 is 5.97 Å². The van der Waals surface area contributed by atoms with Gasteiger partial charge in [-0.1, -0.05) is 18.5 Å².